The van der Waals surface area contributed by atoms with Crippen LogP contribution in [0.5, 0.6) is 17.2 Å². The minimum absolute atomic E-state index is 0.339. The Balaban J connectivity index is 2.17. The highest BCUT2D eigenvalue weighted by Gasteiger charge is 2.13. The second-order valence-corrected chi connectivity index (χ2v) is 6.76. The van der Waals surface area contributed by atoms with Gasteiger partial charge in [0.2, 0.25) is 0 Å². The molecule has 0 bridgehead atoms. The number of methoxy groups -OCH3 is 1. The molecule has 0 aliphatic heterocycles. The molecule has 2 aromatic rings. The number of amides is 1. The van der Waals surface area contributed by atoms with Gasteiger partial charge in [0, 0.05) is 0 Å². The molecule has 7 heteroatoms. The van der Waals surface area contributed by atoms with Crippen LogP contribution >= 0.6 is 22.6 Å². The van der Waals surface area contributed by atoms with Gasteiger partial charge in [-0.3, -0.25) is 4.79 Å². The Morgan fingerprint density at radius 1 is 1.15 bits per heavy atom. The van der Waals surface area contributed by atoms with Crippen molar-refractivity contribution in [3.8, 4) is 17.2 Å². The molecular weight excluding hydrogens is 459 g/mol. The largest absolute Gasteiger partial charge is 0.496 e. The zero-order valence-electron chi connectivity index (χ0n) is 15.8. The molecule has 0 heterocycles. The molecule has 0 aliphatic rings. The average molecular weight is 482 g/mol. The number of nitrogens with zero attached hydrogens (tertiary/aromatic N) is 1. The third-order valence-electron chi connectivity index (χ3n) is 3.60. The van der Waals surface area contributed by atoms with E-state index in [9.17, 15) is 4.79 Å². The van der Waals surface area contributed by atoms with E-state index in [-0.39, 0.29) is 5.91 Å². The number of hydrazone groups is 1. The lowest BCUT2D eigenvalue weighted by molar-refractivity contribution is 0.0952. The molecule has 0 aromatic heterocycles. The van der Waals surface area contributed by atoms with Crippen LogP contribution in [0.15, 0.2) is 35.4 Å². The van der Waals surface area contributed by atoms with Crippen molar-refractivity contribution in [1.82, 2.24) is 5.43 Å². The maximum atomic E-state index is 12.4. The van der Waals surface area contributed by atoms with Crippen LogP contribution in [0.3, 0.4) is 0 Å². The predicted octanol–water partition coefficient (Wildman–Crippen LogP) is 4.17. The number of benzene rings is 2. The molecule has 2 aromatic carbocycles. The number of halogens is 1. The normalized spacial score (nSPS) is 10.7. The summed E-state index contributed by atoms with van der Waals surface area (Å²) in [6.07, 6.45) is 1.57. The van der Waals surface area contributed by atoms with Gasteiger partial charge in [-0.25, -0.2) is 5.43 Å². The fourth-order valence-corrected chi connectivity index (χ4v) is 3.20. The van der Waals surface area contributed by atoms with E-state index < -0.39 is 0 Å². The van der Waals surface area contributed by atoms with Gasteiger partial charge in [0.15, 0.2) is 11.5 Å². The smallest absolute Gasteiger partial charge is 0.275 e. The first-order valence-corrected chi connectivity index (χ1v) is 9.65. The molecule has 144 valence electrons. The van der Waals surface area contributed by atoms with Crippen LogP contribution in [0.25, 0.3) is 0 Å². The van der Waals surface area contributed by atoms with Gasteiger partial charge < -0.3 is 14.2 Å². The highest BCUT2D eigenvalue weighted by Crippen LogP contribution is 2.33. The molecule has 27 heavy (non-hydrogen) atoms. The van der Waals surface area contributed by atoms with Crippen LogP contribution < -0.4 is 19.6 Å². The van der Waals surface area contributed by atoms with Crippen molar-refractivity contribution < 1.29 is 19.0 Å². The standard InChI is InChI=1S/C20H23IN2O4/c1-5-26-18-11-14(10-16(21)19(18)27-6-2)12-22-23-20(24)15-8-7-13(3)9-17(15)25-4/h7-12H,5-6H2,1-4H3,(H,23,24)/b22-12-. The molecule has 0 atom stereocenters. The first-order chi connectivity index (χ1) is 13.0. The van der Waals surface area contributed by atoms with E-state index in [2.05, 4.69) is 33.1 Å². The van der Waals surface area contributed by atoms with E-state index >= 15 is 0 Å². The van der Waals surface area contributed by atoms with Crippen molar-refractivity contribution in [3.05, 3.63) is 50.6 Å². The number of aryl methyl sites for hydroxylation is 1. The van der Waals surface area contributed by atoms with Gasteiger partial charge in [-0.1, -0.05) is 6.07 Å². The fourth-order valence-electron chi connectivity index (χ4n) is 2.42. The van der Waals surface area contributed by atoms with Gasteiger partial charge in [-0.05, 0) is 78.8 Å². The highest BCUT2D eigenvalue weighted by atomic mass is 127. The lowest BCUT2D eigenvalue weighted by atomic mass is 10.1. The Hall–Kier alpha value is -2.29. The molecule has 0 aliphatic carbocycles. The van der Waals surface area contributed by atoms with Crippen molar-refractivity contribution in [2.75, 3.05) is 20.3 Å². The Bertz CT molecular complexity index is 837. The van der Waals surface area contributed by atoms with Gasteiger partial charge in [0.1, 0.15) is 5.75 Å². The predicted molar refractivity (Wildman–Crippen MR) is 114 cm³/mol. The summed E-state index contributed by atoms with van der Waals surface area (Å²) in [4.78, 5) is 12.4. The minimum atomic E-state index is -0.339. The summed E-state index contributed by atoms with van der Waals surface area (Å²) in [6, 6.07) is 9.12. The number of nitrogens with one attached hydrogen (secondary N) is 1. The van der Waals surface area contributed by atoms with Crippen molar-refractivity contribution in [2.45, 2.75) is 20.8 Å². The van der Waals surface area contributed by atoms with Gasteiger partial charge in [0.05, 0.1) is 35.7 Å². The number of carbonyl (C=O) groups excluding carboxylic acids is 1. The summed E-state index contributed by atoms with van der Waals surface area (Å²) in [5.74, 6) is 1.54. The number of carbonyl (C=O) groups is 1. The van der Waals surface area contributed by atoms with E-state index in [0.29, 0.717) is 36.0 Å². The zero-order valence-corrected chi connectivity index (χ0v) is 18.0. The Kier molecular flexibility index (Phi) is 7.90. The first kappa shape index (κ1) is 21.0. The number of rotatable bonds is 8. The number of hydrogen-bond acceptors (Lipinski definition) is 5. The molecule has 0 saturated heterocycles. The molecule has 1 N–H and O–H groups in total. The van der Waals surface area contributed by atoms with Gasteiger partial charge >= 0.3 is 0 Å². The molecule has 0 fully saturated rings. The Morgan fingerprint density at radius 3 is 2.56 bits per heavy atom. The van der Waals surface area contributed by atoms with Crippen molar-refractivity contribution in [2.24, 2.45) is 5.10 Å². The van der Waals surface area contributed by atoms with Crippen LogP contribution in [0.2, 0.25) is 0 Å². The van der Waals surface area contributed by atoms with Gasteiger partial charge in [-0.15, -0.1) is 0 Å². The summed E-state index contributed by atoms with van der Waals surface area (Å²) in [5.41, 5.74) is 4.76. The Labute approximate surface area is 173 Å². The second kappa shape index (κ2) is 10.1. The molecular formula is C20H23IN2O4. The van der Waals surface area contributed by atoms with E-state index in [1.54, 1.807) is 12.3 Å². The maximum absolute atomic E-state index is 12.4. The quantitative estimate of drug-likeness (QED) is 0.349. The highest BCUT2D eigenvalue weighted by molar-refractivity contribution is 14.1. The summed E-state index contributed by atoms with van der Waals surface area (Å²) in [7, 11) is 1.53. The third-order valence-corrected chi connectivity index (χ3v) is 4.40. The topological polar surface area (TPSA) is 69.2 Å². The number of ether oxygens (including phenoxy) is 3. The van der Waals surface area contributed by atoms with E-state index in [1.807, 2.05) is 45.0 Å². The molecule has 0 radical (unpaired) electrons. The van der Waals surface area contributed by atoms with Crippen LogP contribution in [0.4, 0.5) is 0 Å². The molecule has 0 spiro atoms. The number of hydrogen-bond donors (Lipinski definition) is 1. The summed E-state index contributed by atoms with van der Waals surface area (Å²) < 4.78 is 17.5. The second-order valence-electron chi connectivity index (χ2n) is 5.60. The van der Waals surface area contributed by atoms with Crippen molar-refractivity contribution in [3.63, 3.8) is 0 Å². The van der Waals surface area contributed by atoms with E-state index in [4.69, 9.17) is 14.2 Å². The van der Waals surface area contributed by atoms with Gasteiger partial charge in [-0.2, -0.15) is 5.10 Å². The SMILES string of the molecule is CCOc1cc(/C=N\NC(=O)c2ccc(C)cc2OC)cc(I)c1OCC. The van der Waals surface area contributed by atoms with Crippen molar-refractivity contribution >= 4 is 34.7 Å². The van der Waals surface area contributed by atoms with Crippen molar-refractivity contribution in [1.29, 1.82) is 0 Å². The third kappa shape index (κ3) is 5.59. The molecule has 6 nitrogen and oxygen atoms in total. The van der Waals surface area contributed by atoms with Crippen LogP contribution in [-0.4, -0.2) is 32.4 Å². The molecule has 0 saturated carbocycles. The molecule has 0 unspecified atom stereocenters. The maximum Gasteiger partial charge on any atom is 0.275 e. The van der Waals surface area contributed by atoms with Crippen LogP contribution in [0, 0.1) is 10.5 Å². The molecule has 1 amide bonds. The monoisotopic (exact) mass is 482 g/mol. The van der Waals surface area contributed by atoms with E-state index in [0.717, 1.165) is 14.7 Å². The zero-order chi connectivity index (χ0) is 19.8. The minimum Gasteiger partial charge on any atom is -0.496 e. The van der Waals surface area contributed by atoms with Crippen LogP contribution in [0.1, 0.15) is 35.3 Å². The average Bonchev–Trinajstić information content (AvgIpc) is 2.64. The molecule has 2 rings (SSSR count). The lowest BCUT2D eigenvalue weighted by Gasteiger charge is -2.13. The summed E-state index contributed by atoms with van der Waals surface area (Å²) in [6.45, 7) is 6.86. The van der Waals surface area contributed by atoms with Crippen LogP contribution in [-0.2, 0) is 0 Å². The Morgan fingerprint density at radius 2 is 1.89 bits per heavy atom. The van der Waals surface area contributed by atoms with E-state index in [1.165, 1.54) is 7.11 Å². The lowest BCUT2D eigenvalue weighted by Crippen LogP contribution is -2.18. The summed E-state index contributed by atoms with van der Waals surface area (Å²) >= 11 is 2.19. The first-order valence-electron chi connectivity index (χ1n) is 8.57. The summed E-state index contributed by atoms with van der Waals surface area (Å²) in [5, 5.41) is 4.05. The van der Waals surface area contributed by atoms with Gasteiger partial charge in [0.25, 0.3) is 5.91 Å². The fraction of sp³-hybridized carbons (Fsp3) is 0.300.